The Morgan fingerprint density at radius 2 is 1.62 bits per heavy atom. The number of nitrogens with zero attached hydrogens (tertiary/aromatic N) is 3. The number of aromatic hydroxyl groups is 1. The van der Waals surface area contributed by atoms with E-state index in [1.165, 1.54) is 0 Å². The second kappa shape index (κ2) is 5.32. The smallest absolute Gasteiger partial charge is 0.141 e. The van der Waals surface area contributed by atoms with Gasteiger partial charge in [-0.05, 0) is 49.7 Å². The highest BCUT2D eigenvalue weighted by Gasteiger charge is 2.06. The second-order valence-electron chi connectivity index (χ2n) is 4.94. The molecular formula is C17H15N3O. The maximum atomic E-state index is 9.91. The van der Waals surface area contributed by atoms with Crippen LogP contribution in [0.25, 0.3) is 10.9 Å². The van der Waals surface area contributed by atoms with Crippen LogP contribution in [0.1, 0.15) is 11.3 Å². The van der Waals surface area contributed by atoms with Crippen molar-refractivity contribution in [3.8, 4) is 5.75 Å². The number of aryl methyl sites for hydroxylation is 2. The van der Waals surface area contributed by atoms with Crippen molar-refractivity contribution in [2.45, 2.75) is 13.8 Å². The SMILES string of the molecule is Cc1ccc2c(N=Nc3ccccc3C)ccc(O)c2n1. The Kier molecular flexibility index (Phi) is 3.36. The van der Waals surface area contributed by atoms with Crippen molar-refractivity contribution in [1.29, 1.82) is 0 Å². The van der Waals surface area contributed by atoms with Gasteiger partial charge in [-0.2, -0.15) is 5.11 Å². The highest BCUT2D eigenvalue weighted by Crippen LogP contribution is 2.32. The monoisotopic (exact) mass is 277 g/mol. The molecule has 4 nitrogen and oxygen atoms in total. The molecule has 1 aromatic heterocycles. The molecule has 1 N–H and O–H groups in total. The summed E-state index contributed by atoms with van der Waals surface area (Å²) in [5.74, 6) is 0.156. The molecule has 0 unspecified atom stereocenters. The Morgan fingerprint density at radius 3 is 2.43 bits per heavy atom. The van der Waals surface area contributed by atoms with Crippen molar-refractivity contribution < 1.29 is 5.11 Å². The first-order valence-corrected chi connectivity index (χ1v) is 6.72. The predicted molar refractivity (Wildman–Crippen MR) is 83.5 cm³/mol. The Labute approximate surface area is 122 Å². The summed E-state index contributed by atoms with van der Waals surface area (Å²) < 4.78 is 0. The lowest BCUT2D eigenvalue weighted by molar-refractivity contribution is 0.480. The van der Waals surface area contributed by atoms with Gasteiger partial charge in [0.1, 0.15) is 11.3 Å². The molecule has 3 aromatic rings. The summed E-state index contributed by atoms with van der Waals surface area (Å²) >= 11 is 0. The fraction of sp³-hybridized carbons (Fsp3) is 0.118. The first kappa shape index (κ1) is 13.2. The minimum absolute atomic E-state index is 0.156. The first-order chi connectivity index (χ1) is 10.1. The van der Waals surface area contributed by atoms with Crippen molar-refractivity contribution in [2.75, 3.05) is 0 Å². The number of phenolic OH excluding ortho intramolecular Hbond substituents is 1. The highest BCUT2D eigenvalue weighted by molar-refractivity contribution is 5.93. The van der Waals surface area contributed by atoms with Crippen molar-refractivity contribution in [3.63, 3.8) is 0 Å². The van der Waals surface area contributed by atoms with Crippen LogP contribution in [0.15, 0.2) is 58.8 Å². The molecule has 104 valence electrons. The van der Waals surface area contributed by atoms with E-state index in [9.17, 15) is 5.11 Å². The number of benzene rings is 2. The van der Waals surface area contributed by atoms with Crippen LogP contribution in [0, 0.1) is 13.8 Å². The van der Waals surface area contributed by atoms with Crippen LogP contribution >= 0.6 is 0 Å². The van der Waals surface area contributed by atoms with E-state index >= 15 is 0 Å². The molecule has 0 aliphatic carbocycles. The number of hydrogen-bond donors (Lipinski definition) is 1. The zero-order valence-electron chi connectivity index (χ0n) is 11.9. The van der Waals surface area contributed by atoms with Crippen molar-refractivity contribution in [3.05, 3.63) is 59.8 Å². The van der Waals surface area contributed by atoms with Gasteiger partial charge in [0.15, 0.2) is 0 Å². The average molecular weight is 277 g/mol. The lowest BCUT2D eigenvalue weighted by Crippen LogP contribution is -1.84. The molecular weight excluding hydrogens is 262 g/mol. The maximum absolute atomic E-state index is 9.91. The molecule has 0 aliphatic heterocycles. The van der Waals surface area contributed by atoms with Crippen LogP contribution in [0.4, 0.5) is 11.4 Å². The third-order valence-corrected chi connectivity index (χ3v) is 3.33. The number of hydrogen-bond acceptors (Lipinski definition) is 4. The maximum Gasteiger partial charge on any atom is 0.141 e. The molecule has 0 saturated carbocycles. The van der Waals surface area contributed by atoms with E-state index in [1.54, 1.807) is 12.1 Å². The number of aromatic nitrogens is 1. The molecule has 0 bridgehead atoms. The summed E-state index contributed by atoms with van der Waals surface area (Å²) in [4.78, 5) is 4.36. The molecule has 1 heterocycles. The van der Waals surface area contributed by atoms with E-state index in [1.807, 2.05) is 50.2 Å². The molecule has 21 heavy (non-hydrogen) atoms. The lowest BCUT2D eigenvalue weighted by Gasteiger charge is -2.04. The first-order valence-electron chi connectivity index (χ1n) is 6.72. The molecule has 0 atom stereocenters. The van der Waals surface area contributed by atoms with E-state index in [0.29, 0.717) is 11.2 Å². The van der Waals surface area contributed by atoms with Gasteiger partial charge in [0.05, 0.1) is 11.4 Å². The van der Waals surface area contributed by atoms with E-state index in [4.69, 9.17) is 0 Å². The summed E-state index contributed by atoms with van der Waals surface area (Å²) in [7, 11) is 0. The molecule has 0 radical (unpaired) electrons. The molecule has 0 fully saturated rings. The number of rotatable bonds is 2. The number of phenols is 1. The largest absolute Gasteiger partial charge is 0.506 e. The number of pyridine rings is 1. The van der Waals surface area contributed by atoms with Crippen molar-refractivity contribution in [1.82, 2.24) is 4.98 Å². The van der Waals surface area contributed by atoms with E-state index in [-0.39, 0.29) is 5.75 Å². The minimum atomic E-state index is 0.156. The van der Waals surface area contributed by atoms with Gasteiger partial charge in [-0.1, -0.05) is 18.2 Å². The Balaban J connectivity index is 2.10. The van der Waals surface area contributed by atoms with E-state index < -0.39 is 0 Å². The average Bonchev–Trinajstić information content (AvgIpc) is 2.48. The van der Waals surface area contributed by atoms with Crippen LogP contribution in [0.3, 0.4) is 0 Å². The third kappa shape index (κ3) is 2.60. The quantitative estimate of drug-likeness (QED) is 0.672. The minimum Gasteiger partial charge on any atom is -0.506 e. The zero-order chi connectivity index (χ0) is 14.8. The van der Waals surface area contributed by atoms with Gasteiger partial charge in [-0.25, -0.2) is 4.98 Å². The normalized spacial score (nSPS) is 11.3. The Morgan fingerprint density at radius 1 is 0.857 bits per heavy atom. The van der Waals surface area contributed by atoms with Crippen LogP contribution in [0.2, 0.25) is 0 Å². The Hall–Kier alpha value is -2.75. The molecule has 0 saturated heterocycles. The molecule has 3 rings (SSSR count). The Bertz CT molecular complexity index is 841. The zero-order valence-corrected chi connectivity index (χ0v) is 11.9. The lowest BCUT2D eigenvalue weighted by atomic mass is 10.1. The highest BCUT2D eigenvalue weighted by atomic mass is 16.3. The second-order valence-corrected chi connectivity index (χ2v) is 4.94. The molecule has 2 aromatic carbocycles. The third-order valence-electron chi connectivity index (χ3n) is 3.33. The van der Waals surface area contributed by atoms with Gasteiger partial charge in [-0.3, -0.25) is 0 Å². The van der Waals surface area contributed by atoms with Gasteiger partial charge in [-0.15, -0.1) is 5.11 Å². The summed E-state index contributed by atoms with van der Waals surface area (Å²) in [6, 6.07) is 15.0. The molecule has 4 heteroatoms. The number of azo groups is 1. The van der Waals surface area contributed by atoms with Gasteiger partial charge < -0.3 is 5.11 Å². The number of fused-ring (bicyclic) bond motifs is 1. The predicted octanol–water partition coefficient (Wildman–Crippen LogP) is 4.97. The van der Waals surface area contributed by atoms with E-state index in [0.717, 1.165) is 22.3 Å². The van der Waals surface area contributed by atoms with Gasteiger partial charge in [0.25, 0.3) is 0 Å². The molecule has 0 amide bonds. The van der Waals surface area contributed by atoms with Crippen LogP contribution in [-0.2, 0) is 0 Å². The van der Waals surface area contributed by atoms with Gasteiger partial charge in [0.2, 0.25) is 0 Å². The van der Waals surface area contributed by atoms with Gasteiger partial charge in [0, 0.05) is 11.1 Å². The van der Waals surface area contributed by atoms with Crippen LogP contribution < -0.4 is 0 Å². The van der Waals surface area contributed by atoms with Crippen LogP contribution in [-0.4, -0.2) is 10.1 Å². The summed E-state index contributed by atoms with van der Waals surface area (Å²) in [6.07, 6.45) is 0. The topological polar surface area (TPSA) is 57.8 Å². The molecule has 0 spiro atoms. The van der Waals surface area contributed by atoms with Crippen molar-refractivity contribution in [2.24, 2.45) is 10.2 Å². The standard InChI is InChI=1S/C17H15N3O/c1-11-5-3-4-6-14(11)19-20-15-9-10-16(21)17-13(15)8-7-12(2)18-17/h3-10,21H,1-2H3. The molecule has 0 aliphatic rings. The fourth-order valence-corrected chi connectivity index (χ4v) is 2.16. The van der Waals surface area contributed by atoms with Crippen LogP contribution in [0.5, 0.6) is 5.75 Å². The summed E-state index contributed by atoms with van der Waals surface area (Å²) in [6.45, 7) is 3.88. The fourth-order valence-electron chi connectivity index (χ4n) is 2.16. The summed E-state index contributed by atoms with van der Waals surface area (Å²) in [5, 5.41) is 19.3. The van der Waals surface area contributed by atoms with Crippen molar-refractivity contribution >= 4 is 22.3 Å². The summed E-state index contributed by atoms with van der Waals surface area (Å²) in [5.41, 5.74) is 4.00. The van der Waals surface area contributed by atoms with E-state index in [2.05, 4.69) is 15.2 Å². The van der Waals surface area contributed by atoms with Gasteiger partial charge >= 0.3 is 0 Å².